The molecule has 0 bridgehead atoms. The molecule has 0 aromatic carbocycles. The maximum atomic E-state index is 12.4. The molecule has 0 aliphatic carbocycles. The van der Waals surface area contributed by atoms with E-state index in [1.165, 1.54) is 0 Å². The third-order valence-electron chi connectivity index (χ3n) is 4.83. The molecule has 3 heterocycles. The van der Waals surface area contributed by atoms with Gasteiger partial charge in [0.2, 0.25) is 5.91 Å². The highest BCUT2D eigenvalue weighted by molar-refractivity contribution is 7.09. The number of amides is 1. The Morgan fingerprint density at radius 1 is 1.55 bits per heavy atom. The van der Waals surface area contributed by atoms with E-state index >= 15 is 0 Å². The van der Waals surface area contributed by atoms with Crippen molar-refractivity contribution >= 4 is 17.2 Å². The number of hydrogen-bond acceptors (Lipinski definition) is 5. The number of nitrogens with zero attached hydrogens (tertiary/aromatic N) is 2. The van der Waals surface area contributed by atoms with Crippen LogP contribution in [0.3, 0.4) is 0 Å². The summed E-state index contributed by atoms with van der Waals surface area (Å²) in [5, 5.41) is 2.99. The van der Waals surface area contributed by atoms with Crippen molar-refractivity contribution in [2.75, 3.05) is 26.8 Å². The number of likely N-dealkylation sites (tertiary alicyclic amines) is 1. The number of methoxy groups -OCH3 is 1. The Balaban J connectivity index is 1.57. The van der Waals surface area contributed by atoms with Gasteiger partial charge in [-0.2, -0.15) is 0 Å². The second-order valence-corrected chi connectivity index (χ2v) is 7.26. The van der Waals surface area contributed by atoms with Crippen LogP contribution in [0.1, 0.15) is 36.4 Å². The van der Waals surface area contributed by atoms with Crippen LogP contribution in [0.5, 0.6) is 0 Å². The van der Waals surface area contributed by atoms with E-state index in [9.17, 15) is 4.79 Å². The standard InChI is InChI=1S/C16H24N2O3S/c1-12-17-13(11-22-12)10-15(19)18-7-5-16(6-8-18)14(20-2)4-3-9-21-16/h11,14H,3-10H2,1-2H3/t14-/m1/s1. The number of hydrogen-bond donors (Lipinski definition) is 0. The second-order valence-electron chi connectivity index (χ2n) is 6.20. The van der Waals surface area contributed by atoms with Crippen LogP contribution in [-0.2, 0) is 20.7 Å². The molecule has 0 N–H and O–H groups in total. The van der Waals surface area contributed by atoms with E-state index in [1.807, 2.05) is 17.2 Å². The molecular formula is C16H24N2O3S. The fourth-order valence-corrected chi connectivity index (χ4v) is 4.20. The molecule has 1 amide bonds. The summed E-state index contributed by atoms with van der Waals surface area (Å²) in [6.45, 7) is 4.28. The summed E-state index contributed by atoms with van der Waals surface area (Å²) < 4.78 is 11.7. The van der Waals surface area contributed by atoms with Crippen molar-refractivity contribution in [2.24, 2.45) is 0 Å². The van der Waals surface area contributed by atoms with Crippen molar-refractivity contribution < 1.29 is 14.3 Å². The lowest BCUT2D eigenvalue weighted by Crippen LogP contribution is -2.56. The fourth-order valence-electron chi connectivity index (χ4n) is 3.59. The van der Waals surface area contributed by atoms with Gasteiger partial charge in [0, 0.05) is 32.2 Å². The van der Waals surface area contributed by atoms with Crippen molar-refractivity contribution in [3.63, 3.8) is 0 Å². The van der Waals surface area contributed by atoms with Gasteiger partial charge in [0.25, 0.3) is 0 Å². The Morgan fingerprint density at radius 3 is 2.95 bits per heavy atom. The first-order chi connectivity index (χ1) is 10.6. The molecule has 0 saturated carbocycles. The average molecular weight is 324 g/mol. The molecule has 2 saturated heterocycles. The predicted molar refractivity (Wildman–Crippen MR) is 85.1 cm³/mol. The highest BCUT2D eigenvalue weighted by atomic mass is 32.1. The van der Waals surface area contributed by atoms with E-state index in [4.69, 9.17) is 9.47 Å². The van der Waals surface area contributed by atoms with Crippen molar-refractivity contribution in [3.8, 4) is 0 Å². The monoisotopic (exact) mass is 324 g/mol. The Kier molecular flexibility index (Phi) is 4.80. The molecule has 6 heteroatoms. The summed E-state index contributed by atoms with van der Waals surface area (Å²) in [5.41, 5.74) is 0.706. The van der Waals surface area contributed by atoms with E-state index in [0.717, 1.165) is 56.1 Å². The largest absolute Gasteiger partial charge is 0.378 e. The zero-order chi connectivity index (χ0) is 15.6. The average Bonchev–Trinajstić information content (AvgIpc) is 2.93. The lowest BCUT2D eigenvalue weighted by atomic mass is 9.81. The van der Waals surface area contributed by atoms with Gasteiger partial charge in [-0.15, -0.1) is 11.3 Å². The quantitative estimate of drug-likeness (QED) is 0.855. The van der Waals surface area contributed by atoms with Gasteiger partial charge in [0.1, 0.15) is 0 Å². The number of carbonyl (C=O) groups is 1. The van der Waals surface area contributed by atoms with Crippen molar-refractivity contribution in [3.05, 3.63) is 16.1 Å². The van der Waals surface area contributed by atoms with Crippen LogP contribution in [0.2, 0.25) is 0 Å². The second kappa shape index (κ2) is 6.64. The lowest BCUT2D eigenvalue weighted by molar-refractivity contribution is -0.188. The Hall–Kier alpha value is -0.980. The van der Waals surface area contributed by atoms with Crippen molar-refractivity contribution in [1.29, 1.82) is 0 Å². The number of carbonyl (C=O) groups excluding carboxylic acids is 1. The number of piperidine rings is 1. The van der Waals surface area contributed by atoms with Crippen LogP contribution in [0.25, 0.3) is 0 Å². The summed E-state index contributed by atoms with van der Waals surface area (Å²) in [7, 11) is 1.77. The lowest BCUT2D eigenvalue weighted by Gasteiger charge is -2.48. The maximum Gasteiger partial charge on any atom is 0.228 e. The van der Waals surface area contributed by atoms with Crippen LogP contribution >= 0.6 is 11.3 Å². The highest BCUT2D eigenvalue weighted by Crippen LogP contribution is 2.36. The number of aromatic nitrogens is 1. The van der Waals surface area contributed by atoms with Crippen LogP contribution in [0.4, 0.5) is 0 Å². The van der Waals surface area contributed by atoms with Crippen LogP contribution in [0.15, 0.2) is 5.38 Å². The van der Waals surface area contributed by atoms with Crippen LogP contribution < -0.4 is 0 Å². The van der Waals surface area contributed by atoms with Gasteiger partial charge in [-0.25, -0.2) is 4.98 Å². The molecule has 2 aliphatic heterocycles. The Bertz CT molecular complexity index is 523. The minimum absolute atomic E-state index is 0.166. The molecule has 3 rings (SSSR count). The molecule has 0 radical (unpaired) electrons. The maximum absolute atomic E-state index is 12.4. The minimum Gasteiger partial charge on any atom is -0.378 e. The number of rotatable bonds is 3. The third-order valence-corrected chi connectivity index (χ3v) is 5.66. The first-order valence-electron chi connectivity index (χ1n) is 7.98. The molecule has 5 nitrogen and oxygen atoms in total. The zero-order valence-corrected chi connectivity index (χ0v) is 14.2. The number of thiazole rings is 1. The summed E-state index contributed by atoms with van der Waals surface area (Å²) >= 11 is 1.60. The molecule has 2 aliphatic rings. The summed E-state index contributed by atoms with van der Waals surface area (Å²) in [6, 6.07) is 0. The fraction of sp³-hybridized carbons (Fsp3) is 0.750. The molecule has 22 heavy (non-hydrogen) atoms. The van der Waals surface area contributed by atoms with Crippen LogP contribution in [-0.4, -0.2) is 54.3 Å². The minimum atomic E-state index is -0.180. The summed E-state index contributed by atoms with van der Waals surface area (Å²) in [4.78, 5) is 18.7. The normalized spacial score (nSPS) is 24.6. The topological polar surface area (TPSA) is 51.7 Å². The first-order valence-corrected chi connectivity index (χ1v) is 8.86. The van der Waals surface area contributed by atoms with E-state index in [0.29, 0.717) is 6.42 Å². The van der Waals surface area contributed by atoms with Crippen LogP contribution in [0, 0.1) is 6.92 Å². The van der Waals surface area contributed by atoms with Gasteiger partial charge in [-0.3, -0.25) is 4.79 Å². The molecular weight excluding hydrogens is 300 g/mol. The SMILES string of the molecule is CO[C@@H]1CCCOC12CCN(C(=O)Cc1csc(C)n1)CC2. The van der Waals surface area contributed by atoms with E-state index in [1.54, 1.807) is 18.4 Å². The predicted octanol–water partition coefficient (Wildman–Crippen LogP) is 2.18. The van der Waals surface area contributed by atoms with Gasteiger partial charge >= 0.3 is 0 Å². The first kappa shape index (κ1) is 15.9. The number of aryl methyl sites for hydroxylation is 1. The zero-order valence-electron chi connectivity index (χ0n) is 13.3. The van der Waals surface area contributed by atoms with E-state index in [2.05, 4.69) is 4.98 Å². The molecule has 1 spiro atoms. The van der Waals surface area contributed by atoms with Gasteiger partial charge in [-0.05, 0) is 32.6 Å². The van der Waals surface area contributed by atoms with Gasteiger partial charge in [0.15, 0.2) is 0 Å². The smallest absolute Gasteiger partial charge is 0.228 e. The van der Waals surface area contributed by atoms with Gasteiger partial charge in [-0.1, -0.05) is 0 Å². The highest BCUT2D eigenvalue weighted by Gasteiger charge is 2.45. The van der Waals surface area contributed by atoms with Gasteiger partial charge < -0.3 is 14.4 Å². The molecule has 0 unspecified atom stereocenters. The molecule has 1 atom stereocenters. The summed E-state index contributed by atoms with van der Waals surface area (Å²) in [6.07, 6.45) is 4.43. The van der Waals surface area contributed by atoms with Gasteiger partial charge in [0.05, 0.1) is 28.8 Å². The Labute approximate surface area is 135 Å². The summed E-state index contributed by atoms with van der Waals surface area (Å²) in [5.74, 6) is 0.171. The molecule has 1 aromatic heterocycles. The molecule has 1 aromatic rings. The number of ether oxygens (including phenoxy) is 2. The molecule has 122 valence electrons. The van der Waals surface area contributed by atoms with E-state index < -0.39 is 0 Å². The Morgan fingerprint density at radius 2 is 2.32 bits per heavy atom. The third kappa shape index (κ3) is 3.19. The van der Waals surface area contributed by atoms with Crippen molar-refractivity contribution in [1.82, 2.24) is 9.88 Å². The van der Waals surface area contributed by atoms with Crippen molar-refractivity contribution in [2.45, 2.75) is 50.7 Å². The van der Waals surface area contributed by atoms with E-state index in [-0.39, 0.29) is 17.6 Å². The molecule has 2 fully saturated rings.